The number of benzene rings is 3. The summed E-state index contributed by atoms with van der Waals surface area (Å²) in [6.45, 7) is 5.24. The molecule has 0 spiro atoms. The molecule has 2 N–H and O–H groups in total. The second-order valence-electron chi connectivity index (χ2n) is 11.2. The Morgan fingerprint density at radius 3 is 2.35 bits per heavy atom. The van der Waals surface area contributed by atoms with Gasteiger partial charge in [0.15, 0.2) is 5.82 Å². The summed E-state index contributed by atoms with van der Waals surface area (Å²) in [5, 5.41) is 10.7. The topological polar surface area (TPSA) is 136 Å². The SMILES string of the molecule is COc1ccc(CNc2nc(N=CN(C)C)c3c(n2)c(C)nn3-c2ccc(NC(=O)C(OC(C)=O)c3cc(F)cc(F)c3)cc2C)cc1. The first-order valence-corrected chi connectivity index (χ1v) is 14.8. The van der Waals surface area contributed by atoms with Crippen LogP contribution in [0.1, 0.15) is 35.4 Å². The van der Waals surface area contributed by atoms with Crippen molar-refractivity contribution in [3.8, 4) is 11.4 Å². The van der Waals surface area contributed by atoms with E-state index in [9.17, 15) is 18.4 Å². The molecule has 48 heavy (non-hydrogen) atoms. The van der Waals surface area contributed by atoms with Gasteiger partial charge in [-0.05, 0) is 67.4 Å². The van der Waals surface area contributed by atoms with Crippen molar-refractivity contribution < 1.29 is 27.8 Å². The fourth-order valence-electron chi connectivity index (χ4n) is 4.92. The minimum atomic E-state index is -1.58. The molecule has 1 unspecified atom stereocenters. The van der Waals surface area contributed by atoms with Crippen LogP contribution in [0.15, 0.2) is 65.7 Å². The number of aryl methyl sites for hydroxylation is 2. The molecule has 1 amide bonds. The van der Waals surface area contributed by atoms with E-state index in [-0.39, 0.29) is 5.56 Å². The number of methoxy groups -OCH3 is 1. The molecule has 5 rings (SSSR count). The van der Waals surface area contributed by atoms with Crippen LogP contribution in [0.3, 0.4) is 0 Å². The molecule has 1 atom stereocenters. The van der Waals surface area contributed by atoms with Crippen LogP contribution < -0.4 is 15.4 Å². The Labute approximate surface area is 275 Å². The number of nitrogens with zero attached hydrogens (tertiary/aromatic N) is 6. The number of amides is 1. The third-order valence-corrected chi connectivity index (χ3v) is 7.09. The average molecular weight is 657 g/mol. The van der Waals surface area contributed by atoms with Crippen LogP contribution in [0.4, 0.5) is 26.2 Å². The Hall–Kier alpha value is -5.92. The molecule has 0 bridgehead atoms. The quantitative estimate of drug-likeness (QED) is 0.103. The third-order valence-electron chi connectivity index (χ3n) is 7.09. The van der Waals surface area contributed by atoms with E-state index in [0.717, 1.165) is 30.4 Å². The number of fused-ring (bicyclic) bond motifs is 1. The molecule has 3 aromatic carbocycles. The van der Waals surface area contributed by atoms with Crippen LogP contribution in [0.5, 0.6) is 5.75 Å². The number of rotatable bonds is 11. The van der Waals surface area contributed by atoms with Crippen molar-refractivity contribution in [1.82, 2.24) is 24.6 Å². The zero-order valence-corrected chi connectivity index (χ0v) is 27.2. The fourth-order valence-corrected chi connectivity index (χ4v) is 4.92. The van der Waals surface area contributed by atoms with Gasteiger partial charge in [-0.2, -0.15) is 10.1 Å². The largest absolute Gasteiger partial charge is 0.497 e. The Bertz CT molecular complexity index is 1990. The zero-order chi connectivity index (χ0) is 34.5. The molecule has 0 aliphatic heterocycles. The van der Waals surface area contributed by atoms with E-state index in [2.05, 4.69) is 15.6 Å². The summed E-state index contributed by atoms with van der Waals surface area (Å²) in [6.07, 6.45) is 0.0594. The van der Waals surface area contributed by atoms with E-state index in [0.29, 0.717) is 58.0 Å². The summed E-state index contributed by atoms with van der Waals surface area (Å²) in [7, 11) is 5.31. The molecule has 0 saturated heterocycles. The van der Waals surface area contributed by atoms with Crippen LogP contribution >= 0.6 is 0 Å². The van der Waals surface area contributed by atoms with Crippen molar-refractivity contribution in [3.63, 3.8) is 0 Å². The van der Waals surface area contributed by atoms with Gasteiger partial charge < -0.3 is 25.0 Å². The molecule has 0 fully saturated rings. The van der Waals surface area contributed by atoms with E-state index in [1.165, 1.54) is 0 Å². The highest BCUT2D eigenvalue weighted by Gasteiger charge is 2.26. The number of carbonyl (C=O) groups is 2. The van der Waals surface area contributed by atoms with Crippen LogP contribution in [-0.2, 0) is 20.9 Å². The standard InChI is InChI=1S/C34H34F2N8O4/c1-19-13-26(39-33(46)31(48-21(3)45)23-14-24(35)16-25(36)15-23)9-12-28(19)44-30-29(20(2)42-44)40-34(41-32(30)38-18-43(4)5)37-17-22-7-10-27(47-6)11-8-22/h7-16,18,31H,17H2,1-6H3,(H,39,46)(H,37,40,41). The fraction of sp³-hybridized carbons (Fsp3) is 0.235. The van der Waals surface area contributed by atoms with Gasteiger partial charge in [0.1, 0.15) is 28.4 Å². The zero-order valence-electron chi connectivity index (χ0n) is 27.2. The van der Waals surface area contributed by atoms with Gasteiger partial charge in [-0.15, -0.1) is 0 Å². The molecule has 0 saturated carbocycles. The molecule has 5 aromatic rings. The van der Waals surface area contributed by atoms with Gasteiger partial charge >= 0.3 is 5.97 Å². The van der Waals surface area contributed by atoms with Crippen LogP contribution in [-0.4, -0.2) is 64.1 Å². The molecule has 248 valence electrons. The first kappa shape index (κ1) is 33.4. The highest BCUT2D eigenvalue weighted by Crippen LogP contribution is 2.31. The predicted octanol–water partition coefficient (Wildman–Crippen LogP) is 5.80. The predicted molar refractivity (Wildman–Crippen MR) is 178 cm³/mol. The highest BCUT2D eigenvalue weighted by molar-refractivity contribution is 5.96. The lowest BCUT2D eigenvalue weighted by Crippen LogP contribution is -2.25. The second-order valence-corrected chi connectivity index (χ2v) is 11.2. The summed E-state index contributed by atoms with van der Waals surface area (Å²) in [4.78, 5) is 40.8. The van der Waals surface area contributed by atoms with E-state index in [1.54, 1.807) is 41.2 Å². The molecule has 0 aliphatic carbocycles. The third kappa shape index (κ3) is 7.71. The number of aromatic nitrogens is 4. The Kier molecular flexibility index (Phi) is 9.92. The number of halogens is 2. The van der Waals surface area contributed by atoms with Crippen molar-refractivity contribution in [2.24, 2.45) is 4.99 Å². The van der Waals surface area contributed by atoms with Crippen molar-refractivity contribution in [2.75, 3.05) is 31.8 Å². The molecular formula is C34H34F2N8O4. The number of esters is 1. The van der Waals surface area contributed by atoms with Gasteiger partial charge in [-0.25, -0.2) is 23.4 Å². The van der Waals surface area contributed by atoms with Crippen LogP contribution in [0.25, 0.3) is 16.7 Å². The van der Waals surface area contributed by atoms with E-state index >= 15 is 0 Å². The maximum atomic E-state index is 13.9. The molecule has 12 nitrogen and oxygen atoms in total. The Morgan fingerprint density at radius 2 is 1.73 bits per heavy atom. The van der Waals surface area contributed by atoms with Crippen molar-refractivity contribution in [3.05, 3.63) is 94.7 Å². The lowest BCUT2D eigenvalue weighted by Gasteiger charge is -2.18. The second kappa shape index (κ2) is 14.2. The molecule has 2 heterocycles. The Balaban J connectivity index is 1.46. The lowest BCUT2D eigenvalue weighted by atomic mass is 10.1. The van der Waals surface area contributed by atoms with E-state index < -0.39 is 29.6 Å². The van der Waals surface area contributed by atoms with Gasteiger partial charge in [0, 0.05) is 44.9 Å². The van der Waals surface area contributed by atoms with Gasteiger partial charge in [-0.3, -0.25) is 9.59 Å². The molecular weight excluding hydrogens is 622 g/mol. The number of aliphatic imine (C=N–C) groups is 1. The number of carbonyl (C=O) groups excluding carboxylic acids is 2. The molecule has 14 heteroatoms. The van der Waals surface area contributed by atoms with Gasteiger partial charge in [0.05, 0.1) is 24.8 Å². The minimum absolute atomic E-state index is 0.143. The minimum Gasteiger partial charge on any atom is -0.497 e. The summed E-state index contributed by atoms with van der Waals surface area (Å²) >= 11 is 0. The maximum absolute atomic E-state index is 13.9. The average Bonchev–Trinajstić information content (AvgIpc) is 3.36. The molecule has 0 radical (unpaired) electrons. The van der Waals surface area contributed by atoms with Gasteiger partial charge in [-0.1, -0.05) is 12.1 Å². The summed E-state index contributed by atoms with van der Waals surface area (Å²) in [5.41, 5.74) is 4.41. The van der Waals surface area contributed by atoms with Gasteiger partial charge in [0.2, 0.25) is 12.1 Å². The Morgan fingerprint density at radius 1 is 1.02 bits per heavy atom. The number of nitrogens with one attached hydrogen (secondary N) is 2. The van der Waals surface area contributed by atoms with E-state index in [1.807, 2.05) is 52.2 Å². The first-order chi connectivity index (χ1) is 22.9. The van der Waals surface area contributed by atoms with E-state index in [4.69, 9.17) is 24.5 Å². The van der Waals surface area contributed by atoms with Crippen molar-refractivity contribution >= 4 is 46.7 Å². The van der Waals surface area contributed by atoms with Crippen LogP contribution in [0, 0.1) is 25.5 Å². The summed E-state index contributed by atoms with van der Waals surface area (Å²) in [5.74, 6) is -1.87. The normalized spacial score (nSPS) is 11.8. The molecule has 2 aromatic heterocycles. The maximum Gasteiger partial charge on any atom is 0.303 e. The number of anilines is 2. The van der Waals surface area contributed by atoms with Crippen molar-refractivity contribution in [1.29, 1.82) is 0 Å². The summed E-state index contributed by atoms with van der Waals surface area (Å²) in [6, 6.07) is 15.3. The smallest absolute Gasteiger partial charge is 0.303 e. The lowest BCUT2D eigenvalue weighted by molar-refractivity contribution is -0.152. The van der Waals surface area contributed by atoms with Crippen molar-refractivity contribution in [2.45, 2.75) is 33.4 Å². The number of hydrogen-bond acceptors (Lipinski definition) is 9. The number of hydrogen-bond donors (Lipinski definition) is 2. The number of ether oxygens (including phenoxy) is 2. The molecule has 0 aliphatic rings. The van der Waals surface area contributed by atoms with Crippen LogP contribution in [0.2, 0.25) is 0 Å². The monoisotopic (exact) mass is 656 g/mol. The van der Waals surface area contributed by atoms with Gasteiger partial charge in [0.25, 0.3) is 5.91 Å². The first-order valence-electron chi connectivity index (χ1n) is 14.8. The highest BCUT2D eigenvalue weighted by atomic mass is 19.1. The summed E-state index contributed by atoms with van der Waals surface area (Å²) < 4.78 is 39.9.